The molecule has 0 radical (unpaired) electrons. The second kappa shape index (κ2) is 5.08. The average Bonchev–Trinajstić information content (AvgIpc) is 2.63. The zero-order chi connectivity index (χ0) is 13.1. The number of aromatic hydroxyl groups is 1. The average molecular weight is 242 g/mol. The number of phenolic OH excluding ortho intramolecular Hbond substituents is 1. The van der Waals surface area contributed by atoms with Gasteiger partial charge in [0.15, 0.2) is 0 Å². The fourth-order valence-electron chi connectivity index (χ4n) is 2.16. The zero-order valence-corrected chi connectivity index (χ0v) is 11.0. The number of para-hydroxylation sites is 2. The van der Waals surface area contributed by atoms with Crippen LogP contribution in [0.3, 0.4) is 0 Å². The summed E-state index contributed by atoms with van der Waals surface area (Å²) in [5.41, 5.74) is 4.12. The van der Waals surface area contributed by atoms with Crippen LogP contribution in [0.4, 0.5) is 5.69 Å². The summed E-state index contributed by atoms with van der Waals surface area (Å²) in [5.74, 6) is 0.207. The predicted octanol–water partition coefficient (Wildman–Crippen LogP) is 3.58. The number of benzene rings is 1. The molecule has 0 aliphatic heterocycles. The molecule has 2 rings (SSSR count). The Bertz CT molecular complexity index is 582. The maximum atomic E-state index is 9.64. The molecule has 0 fully saturated rings. The molecule has 1 aromatic heterocycles. The van der Waals surface area contributed by atoms with Crippen molar-refractivity contribution >= 4 is 11.9 Å². The Labute approximate surface area is 107 Å². The molecule has 0 atom stereocenters. The molecule has 94 valence electrons. The minimum atomic E-state index is 0.207. The first-order valence-electron chi connectivity index (χ1n) is 6.12. The molecule has 0 saturated heterocycles. The molecule has 1 heterocycles. The van der Waals surface area contributed by atoms with Gasteiger partial charge in [0.1, 0.15) is 11.4 Å². The van der Waals surface area contributed by atoms with Crippen LogP contribution in [-0.4, -0.2) is 15.9 Å². The molecule has 18 heavy (non-hydrogen) atoms. The fraction of sp³-hybridized carbons (Fsp3) is 0.267. The monoisotopic (exact) mass is 242 g/mol. The first-order valence-corrected chi connectivity index (χ1v) is 6.12. The number of nitrogens with zero attached hydrogens (tertiary/aromatic N) is 2. The van der Waals surface area contributed by atoms with E-state index in [4.69, 9.17) is 0 Å². The molecular weight excluding hydrogens is 224 g/mol. The van der Waals surface area contributed by atoms with Crippen molar-refractivity contribution in [2.45, 2.75) is 27.3 Å². The summed E-state index contributed by atoms with van der Waals surface area (Å²) < 4.78 is 2.24. The number of aryl methyl sites for hydroxylation is 1. The molecule has 1 N–H and O–H groups in total. The highest BCUT2D eigenvalue weighted by molar-refractivity contribution is 5.84. The van der Waals surface area contributed by atoms with Crippen LogP contribution in [0.2, 0.25) is 0 Å². The summed E-state index contributed by atoms with van der Waals surface area (Å²) >= 11 is 0. The molecule has 0 aliphatic carbocycles. The van der Waals surface area contributed by atoms with Gasteiger partial charge in [-0.2, -0.15) is 0 Å². The van der Waals surface area contributed by atoms with Gasteiger partial charge in [0.2, 0.25) is 0 Å². The molecule has 0 bridgehead atoms. The first kappa shape index (κ1) is 12.4. The van der Waals surface area contributed by atoms with Crippen molar-refractivity contribution in [1.29, 1.82) is 0 Å². The highest BCUT2D eigenvalue weighted by Gasteiger charge is 2.05. The standard InChI is InChI=1S/C15H18N2O/c1-4-17-11(2)9-13(12(17)3)10-16-14-7-5-6-8-15(14)18/h5-10,18H,4H2,1-3H3. The lowest BCUT2D eigenvalue weighted by molar-refractivity contribution is 0.477. The van der Waals surface area contributed by atoms with Gasteiger partial charge in [0, 0.05) is 29.7 Å². The van der Waals surface area contributed by atoms with Gasteiger partial charge in [-0.15, -0.1) is 0 Å². The van der Waals surface area contributed by atoms with Crippen molar-refractivity contribution < 1.29 is 5.11 Å². The molecule has 3 heteroatoms. The van der Waals surface area contributed by atoms with Crippen LogP contribution < -0.4 is 0 Å². The summed E-state index contributed by atoms with van der Waals surface area (Å²) in [6, 6.07) is 9.20. The van der Waals surface area contributed by atoms with E-state index in [1.165, 1.54) is 11.4 Å². The summed E-state index contributed by atoms with van der Waals surface area (Å²) in [5, 5.41) is 9.64. The van der Waals surface area contributed by atoms with Crippen LogP contribution >= 0.6 is 0 Å². The van der Waals surface area contributed by atoms with E-state index in [1.807, 2.05) is 12.3 Å². The smallest absolute Gasteiger partial charge is 0.141 e. The number of aromatic nitrogens is 1. The summed E-state index contributed by atoms with van der Waals surface area (Å²) in [4.78, 5) is 4.34. The second-order valence-electron chi connectivity index (χ2n) is 4.32. The largest absolute Gasteiger partial charge is 0.506 e. The minimum Gasteiger partial charge on any atom is -0.506 e. The van der Waals surface area contributed by atoms with Crippen LogP contribution in [0.25, 0.3) is 0 Å². The van der Waals surface area contributed by atoms with Crippen LogP contribution in [0.15, 0.2) is 35.3 Å². The highest BCUT2D eigenvalue weighted by Crippen LogP contribution is 2.25. The van der Waals surface area contributed by atoms with E-state index in [9.17, 15) is 5.11 Å². The van der Waals surface area contributed by atoms with Gasteiger partial charge < -0.3 is 9.67 Å². The molecular formula is C15H18N2O. The van der Waals surface area contributed by atoms with Crippen LogP contribution in [0.1, 0.15) is 23.9 Å². The van der Waals surface area contributed by atoms with E-state index in [1.54, 1.807) is 18.2 Å². The molecule has 0 amide bonds. The van der Waals surface area contributed by atoms with E-state index in [2.05, 4.69) is 36.4 Å². The predicted molar refractivity (Wildman–Crippen MR) is 74.9 cm³/mol. The lowest BCUT2D eigenvalue weighted by Gasteiger charge is -2.04. The van der Waals surface area contributed by atoms with Gasteiger partial charge in [0.05, 0.1) is 0 Å². The van der Waals surface area contributed by atoms with Gasteiger partial charge in [-0.1, -0.05) is 12.1 Å². The third-order valence-corrected chi connectivity index (χ3v) is 3.15. The van der Waals surface area contributed by atoms with E-state index in [-0.39, 0.29) is 5.75 Å². The third-order valence-electron chi connectivity index (χ3n) is 3.15. The fourth-order valence-corrected chi connectivity index (χ4v) is 2.16. The van der Waals surface area contributed by atoms with Crippen molar-refractivity contribution in [1.82, 2.24) is 4.57 Å². The van der Waals surface area contributed by atoms with Crippen molar-refractivity contribution in [2.75, 3.05) is 0 Å². The van der Waals surface area contributed by atoms with E-state index >= 15 is 0 Å². The summed E-state index contributed by atoms with van der Waals surface area (Å²) in [7, 11) is 0. The molecule has 1 aromatic carbocycles. The first-order chi connectivity index (χ1) is 8.63. The lowest BCUT2D eigenvalue weighted by Crippen LogP contribution is -1.99. The lowest BCUT2D eigenvalue weighted by atomic mass is 10.2. The number of hydrogen-bond acceptors (Lipinski definition) is 2. The Morgan fingerprint density at radius 2 is 2.00 bits per heavy atom. The third kappa shape index (κ3) is 2.30. The SMILES string of the molecule is CCn1c(C)cc(C=Nc2ccccc2O)c1C. The number of aliphatic imine (C=N–C) groups is 1. The van der Waals surface area contributed by atoms with Gasteiger partial charge in [0.25, 0.3) is 0 Å². The van der Waals surface area contributed by atoms with Gasteiger partial charge in [-0.25, -0.2) is 0 Å². The Morgan fingerprint density at radius 1 is 1.28 bits per heavy atom. The topological polar surface area (TPSA) is 37.5 Å². The normalized spacial score (nSPS) is 11.3. The van der Waals surface area contributed by atoms with Crippen molar-refractivity contribution in [2.24, 2.45) is 4.99 Å². The quantitative estimate of drug-likeness (QED) is 0.821. The van der Waals surface area contributed by atoms with Crippen LogP contribution in [0.5, 0.6) is 5.75 Å². The number of phenols is 1. The molecule has 3 nitrogen and oxygen atoms in total. The molecule has 0 spiro atoms. The molecule has 2 aromatic rings. The minimum absolute atomic E-state index is 0.207. The van der Waals surface area contributed by atoms with E-state index in [0.29, 0.717) is 5.69 Å². The Morgan fingerprint density at radius 3 is 2.61 bits per heavy atom. The maximum Gasteiger partial charge on any atom is 0.141 e. The second-order valence-corrected chi connectivity index (χ2v) is 4.32. The van der Waals surface area contributed by atoms with Crippen molar-refractivity contribution in [3.63, 3.8) is 0 Å². The van der Waals surface area contributed by atoms with Gasteiger partial charge >= 0.3 is 0 Å². The molecule has 0 aliphatic rings. The Kier molecular flexibility index (Phi) is 3.51. The number of hydrogen-bond donors (Lipinski definition) is 1. The van der Waals surface area contributed by atoms with Crippen LogP contribution in [0, 0.1) is 13.8 Å². The highest BCUT2D eigenvalue weighted by atomic mass is 16.3. The number of rotatable bonds is 3. The molecule has 0 unspecified atom stereocenters. The van der Waals surface area contributed by atoms with E-state index in [0.717, 1.165) is 12.1 Å². The van der Waals surface area contributed by atoms with Gasteiger partial charge in [-0.05, 0) is 39.0 Å². The van der Waals surface area contributed by atoms with E-state index < -0.39 is 0 Å². The Balaban J connectivity index is 2.33. The van der Waals surface area contributed by atoms with Crippen molar-refractivity contribution in [3.8, 4) is 5.75 Å². The zero-order valence-electron chi connectivity index (χ0n) is 11.0. The van der Waals surface area contributed by atoms with Gasteiger partial charge in [-0.3, -0.25) is 4.99 Å². The summed E-state index contributed by atoms with van der Waals surface area (Å²) in [6.45, 7) is 7.27. The molecule has 0 saturated carbocycles. The van der Waals surface area contributed by atoms with Crippen molar-refractivity contribution in [3.05, 3.63) is 47.3 Å². The summed E-state index contributed by atoms with van der Waals surface area (Å²) in [6.07, 6.45) is 1.81. The Hall–Kier alpha value is -2.03. The maximum absolute atomic E-state index is 9.64. The van der Waals surface area contributed by atoms with Crippen LogP contribution in [-0.2, 0) is 6.54 Å².